The molecule has 0 saturated carbocycles. The Hall–Kier alpha value is -1.66. The molecule has 1 unspecified atom stereocenters. The lowest BCUT2D eigenvalue weighted by atomic mass is 10.3. The molecule has 2 rings (SSSR count). The lowest BCUT2D eigenvalue weighted by Gasteiger charge is -2.10. The summed E-state index contributed by atoms with van der Waals surface area (Å²) in [5, 5.41) is 20.4. The van der Waals surface area contributed by atoms with Crippen LogP contribution in [0.25, 0.3) is 0 Å². The van der Waals surface area contributed by atoms with Crippen molar-refractivity contribution in [3.8, 4) is 0 Å². The van der Waals surface area contributed by atoms with Gasteiger partial charge in [-0.25, -0.2) is 0 Å². The van der Waals surface area contributed by atoms with Gasteiger partial charge in [-0.2, -0.15) is 5.10 Å². The van der Waals surface area contributed by atoms with E-state index < -0.39 is 6.10 Å². The second kappa shape index (κ2) is 5.43. The Morgan fingerprint density at radius 2 is 2.44 bits per heavy atom. The van der Waals surface area contributed by atoms with Crippen LogP contribution in [0.2, 0.25) is 0 Å². The Morgan fingerprint density at radius 3 is 3.12 bits per heavy atom. The minimum atomic E-state index is -0.470. The molecule has 6 heteroatoms. The first-order valence-corrected chi connectivity index (χ1v) is 5.10. The van der Waals surface area contributed by atoms with Crippen LogP contribution in [0.5, 0.6) is 0 Å². The molecule has 0 radical (unpaired) electrons. The van der Waals surface area contributed by atoms with Gasteiger partial charge in [-0.3, -0.25) is 4.68 Å². The van der Waals surface area contributed by atoms with Crippen LogP contribution in [0.4, 0.5) is 0 Å². The molecule has 1 atom stereocenters. The third-order valence-electron chi connectivity index (χ3n) is 2.13. The van der Waals surface area contributed by atoms with E-state index in [9.17, 15) is 5.11 Å². The van der Waals surface area contributed by atoms with Crippen molar-refractivity contribution in [1.82, 2.24) is 20.3 Å². The van der Waals surface area contributed by atoms with Crippen LogP contribution in [0.1, 0.15) is 5.76 Å². The summed E-state index contributed by atoms with van der Waals surface area (Å²) in [6.45, 7) is 1.53. The average molecular weight is 222 g/mol. The molecular formula is C10H14N4O2. The van der Waals surface area contributed by atoms with Gasteiger partial charge in [-0.05, 0) is 6.07 Å². The largest absolute Gasteiger partial charge is 0.390 e. The van der Waals surface area contributed by atoms with Gasteiger partial charge in [0.1, 0.15) is 5.76 Å². The molecule has 0 spiro atoms. The number of hydrogen-bond donors (Lipinski definition) is 2. The van der Waals surface area contributed by atoms with Gasteiger partial charge in [-0.1, -0.05) is 5.16 Å². The van der Waals surface area contributed by atoms with Gasteiger partial charge in [0.2, 0.25) is 0 Å². The van der Waals surface area contributed by atoms with Gasteiger partial charge in [0.15, 0.2) is 0 Å². The van der Waals surface area contributed by atoms with Gasteiger partial charge < -0.3 is 14.9 Å². The SMILES string of the molecule is OC(CNCc1ccno1)Cn1cccn1. The van der Waals surface area contributed by atoms with Crippen LogP contribution in [-0.2, 0) is 13.1 Å². The van der Waals surface area contributed by atoms with Crippen molar-refractivity contribution < 1.29 is 9.63 Å². The predicted molar refractivity (Wildman–Crippen MR) is 56.4 cm³/mol. The Balaban J connectivity index is 1.66. The standard InChI is InChI=1S/C10H14N4O2/c15-9(8-14-5-1-3-12-14)6-11-7-10-2-4-13-16-10/h1-5,9,11,15H,6-8H2. The lowest BCUT2D eigenvalue weighted by Crippen LogP contribution is -2.30. The molecule has 0 aliphatic carbocycles. The van der Waals surface area contributed by atoms with E-state index in [2.05, 4.69) is 15.6 Å². The van der Waals surface area contributed by atoms with E-state index in [1.165, 1.54) is 0 Å². The van der Waals surface area contributed by atoms with Gasteiger partial charge >= 0.3 is 0 Å². The monoisotopic (exact) mass is 222 g/mol. The summed E-state index contributed by atoms with van der Waals surface area (Å²) in [7, 11) is 0. The number of aliphatic hydroxyl groups is 1. The molecule has 0 amide bonds. The van der Waals surface area contributed by atoms with Gasteiger partial charge in [0.25, 0.3) is 0 Å². The van der Waals surface area contributed by atoms with E-state index >= 15 is 0 Å². The van der Waals surface area contributed by atoms with Crippen molar-refractivity contribution in [2.24, 2.45) is 0 Å². The molecule has 2 aromatic rings. The van der Waals surface area contributed by atoms with E-state index in [1.807, 2.05) is 12.3 Å². The fourth-order valence-corrected chi connectivity index (χ4v) is 1.38. The highest BCUT2D eigenvalue weighted by molar-refractivity contribution is 4.91. The minimum absolute atomic E-state index is 0.470. The van der Waals surface area contributed by atoms with E-state index in [4.69, 9.17) is 4.52 Å². The summed E-state index contributed by atoms with van der Waals surface area (Å²) >= 11 is 0. The molecular weight excluding hydrogens is 208 g/mol. The van der Waals surface area contributed by atoms with E-state index in [1.54, 1.807) is 23.1 Å². The summed E-state index contributed by atoms with van der Waals surface area (Å²) in [5.41, 5.74) is 0. The summed E-state index contributed by atoms with van der Waals surface area (Å²) in [6, 6.07) is 3.61. The van der Waals surface area contributed by atoms with E-state index in [0.717, 1.165) is 5.76 Å². The molecule has 2 N–H and O–H groups in total. The number of rotatable bonds is 6. The first-order valence-electron chi connectivity index (χ1n) is 5.10. The van der Waals surface area contributed by atoms with E-state index in [-0.39, 0.29) is 0 Å². The van der Waals surface area contributed by atoms with Crippen molar-refractivity contribution >= 4 is 0 Å². The zero-order valence-corrected chi connectivity index (χ0v) is 8.78. The predicted octanol–water partition coefficient (Wildman–Crippen LogP) is 0.0218. The maximum Gasteiger partial charge on any atom is 0.150 e. The van der Waals surface area contributed by atoms with Crippen molar-refractivity contribution in [3.05, 3.63) is 36.5 Å². The molecule has 2 aromatic heterocycles. The molecule has 0 bridgehead atoms. The first-order chi connectivity index (χ1) is 7.84. The van der Waals surface area contributed by atoms with Crippen molar-refractivity contribution in [2.75, 3.05) is 6.54 Å². The highest BCUT2D eigenvalue weighted by atomic mass is 16.5. The molecule has 86 valence electrons. The maximum atomic E-state index is 9.68. The number of hydrogen-bond acceptors (Lipinski definition) is 5. The molecule has 6 nitrogen and oxygen atoms in total. The van der Waals surface area contributed by atoms with Gasteiger partial charge in [-0.15, -0.1) is 0 Å². The summed E-state index contributed by atoms with van der Waals surface area (Å²) in [5.74, 6) is 0.756. The molecule has 0 aromatic carbocycles. The lowest BCUT2D eigenvalue weighted by molar-refractivity contribution is 0.145. The average Bonchev–Trinajstić information content (AvgIpc) is 2.90. The first kappa shape index (κ1) is 10.8. The summed E-state index contributed by atoms with van der Waals surface area (Å²) < 4.78 is 6.60. The summed E-state index contributed by atoms with van der Waals surface area (Å²) in [4.78, 5) is 0. The second-order valence-electron chi connectivity index (χ2n) is 3.49. The zero-order chi connectivity index (χ0) is 11.2. The quantitative estimate of drug-likeness (QED) is 0.720. The van der Waals surface area contributed by atoms with Crippen LogP contribution in [0.15, 0.2) is 35.2 Å². The normalized spacial score (nSPS) is 12.8. The van der Waals surface area contributed by atoms with Crippen molar-refractivity contribution in [3.63, 3.8) is 0 Å². The number of aliphatic hydroxyl groups excluding tert-OH is 1. The maximum absolute atomic E-state index is 9.68. The van der Waals surface area contributed by atoms with E-state index in [0.29, 0.717) is 19.6 Å². The minimum Gasteiger partial charge on any atom is -0.390 e. The van der Waals surface area contributed by atoms with Gasteiger partial charge in [0, 0.05) is 25.0 Å². The smallest absolute Gasteiger partial charge is 0.150 e. The van der Waals surface area contributed by atoms with Gasteiger partial charge in [0.05, 0.1) is 25.4 Å². The molecule has 0 aliphatic rings. The molecule has 0 fully saturated rings. The Bertz CT molecular complexity index is 385. The fraction of sp³-hybridized carbons (Fsp3) is 0.400. The topological polar surface area (TPSA) is 76.1 Å². The number of aromatic nitrogens is 3. The third-order valence-corrected chi connectivity index (χ3v) is 2.13. The molecule has 16 heavy (non-hydrogen) atoms. The van der Waals surface area contributed by atoms with Crippen LogP contribution in [0.3, 0.4) is 0 Å². The molecule has 0 aliphatic heterocycles. The summed E-state index contributed by atoms with van der Waals surface area (Å²) in [6.07, 6.45) is 4.63. The zero-order valence-electron chi connectivity index (χ0n) is 8.78. The highest BCUT2D eigenvalue weighted by Crippen LogP contribution is 1.95. The Morgan fingerprint density at radius 1 is 1.50 bits per heavy atom. The Labute approximate surface area is 92.9 Å². The molecule has 2 heterocycles. The third kappa shape index (κ3) is 3.18. The number of nitrogens with zero attached hydrogens (tertiary/aromatic N) is 3. The van der Waals surface area contributed by atoms with Crippen LogP contribution in [0, 0.1) is 0 Å². The second-order valence-corrected chi connectivity index (χ2v) is 3.49. The fourth-order valence-electron chi connectivity index (χ4n) is 1.38. The Kier molecular flexibility index (Phi) is 3.68. The van der Waals surface area contributed by atoms with Crippen molar-refractivity contribution in [1.29, 1.82) is 0 Å². The van der Waals surface area contributed by atoms with Crippen LogP contribution < -0.4 is 5.32 Å². The van der Waals surface area contributed by atoms with Crippen molar-refractivity contribution in [2.45, 2.75) is 19.2 Å². The van der Waals surface area contributed by atoms with Crippen LogP contribution in [-0.4, -0.2) is 32.7 Å². The van der Waals surface area contributed by atoms with Crippen LogP contribution >= 0.6 is 0 Å². The number of nitrogens with one attached hydrogen (secondary N) is 1. The molecule has 0 saturated heterocycles. The highest BCUT2D eigenvalue weighted by Gasteiger charge is 2.05.